The van der Waals surface area contributed by atoms with Gasteiger partial charge in [0.05, 0.1) is 6.10 Å². The molecular weight excluding hydrogens is 260 g/mol. The summed E-state index contributed by atoms with van der Waals surface area (Å²) in [6, 6.07) is 0. The van der Waals surface area contributed by atoms with Crippen LogP contribution in [-0.2, 0) is 12.8 Å². The van der Waals surface area contributed by atoms with Gasteiger partial charge in [0.25, 0.3) is 0 Å². The van der Waals surface area contributed by atoms with Gasteiger partial charge in [-0.1, -0.05) is 0 Å². The summed E-state index contributed by atoms with van der Waals surface area (Å²) >= 11 is 0. The largest absolute Gasteiger partial charge is 0.387 e. The highest BCUT2D eigenvalue weighted by atomic mass is 16.3. The first-order chi connectivity index (χ1) is 10.2. The SMILES string of the molecule is Cc1c[nH]c2c1CCCC2c1[nH]c2c(c1C)CCCC2O. The van der Waals surface area contributed by atoms with Crippen LogP contribution in [0, 0.1) is 13.8 Å². The van der Waals surface area contributed by atoms with E-state index < -0.39 is 0 Å². The van der Waals surface area contributed by atoms with E-state index in [-0.39, 0.29) is 6.10 Å². The molecule has 2 aromatic rings. The molecule has 3 nitrogen and oxygen atoms in total. The van der Waals surface area contributed by atoms with Gasteiger partial charge in [-0.3, -0.25) is 0 Å². The van der Waals surface area contributed by atoms with E-state index in [1.54, 1.807) is 0 Å². The molecule has 3 N–H and O–H groups in total. The number of aromatic amines is 2. The summed E-state index contributed by atoms with van der Waals surface area (Å²) in [4.78, 5) is 7.11. The van der Waals surface area contributed by atoms with Gasteiger partial charge in [0.15, 0.2) is 0 Å². The van der Waals surface area contributed by atoms with Gasteiger partial charge >= 0.3 is 0 Å². The van der Waals surface area contributed by atoms with Crippen molar-refractivity contribution in [2.45, 2.75) is 64.4 Å². The van der Waals surface area contributed by atoms with Crippen molar-refractivity contribution >= 4 is 0 Å². The number of aryl methyl sites for hydroxylation is 1. The number of hydrogen-bond acceptors (Lipinski definition) is 1. The lowest BCUT2D eigenvalue weighted by Crippen LogP contribution is -2.12. The molecule has 2 heterocycles. The third-order valence-electron chi connectivity index (χ3n) is 5.55. The Balaban J connectivity index is 1.81. The summed E-state index contributed by atoms with van der Waals surface area (Å²) in [5.74, 6) is 0.445. The van der Waals surface area contributed by atoms with Gasteiger partial charge in [0.1, 0.15) is 0 Å². The molecule has 0 bridgehead atoms. The molecule has 2 atom stereocenters. The minimum Gasteiger partial charge on any atom is -0.387 e. The van der Waals surface area contributed by atoms with E-state index in [9.17, 15) is 5.11 Å². The van der Waals surface area contributed by atoms with Gasteiger partial charge in [-0.2, -0.15) is 0 Å². The van der Waals surface area contributed by atoms with Crippen molar-refractivity contribution in [2.24, 2.45) is 0 Å². The Bertz CT molecular complexity index is 680. The maximum atomic E-state index is 10.3. The van der Waals surface area contributed by atoms with Crippen LogP contribution in [-0.4, -0.2) is 15.1 Å². The molecule has 0 amide bonds. The van der Waals surface area contributed by atoms with Crippen LogP contribution < -0.4 is 0 Å². The first-order valence-electron chi connectivity index (χ1n) is 8.23. The molecule has 0 aromatic carbocycles. The summed E-state index contributed by atoms with van der Waals surface area (Å²) in [6.45, 7) is 4.43. The second-order valence-electron chi connectivity index (χ2n) is 6.77. The number of H-pyrrole nitrogens is 2. The Morgan fingerprint density at radius 2 is 1.76 bits per heavy atom. The number of rotatable bonds is 1. The zero-order valence-electron chi connectivity index (χ0n) is 12.9. The van der Waals surface area contributed by atoms with Crippen LogP contribution >= 0.6 is 0 Å². The first-order valence-corrected chi connectivity index (χ1v) is 8.23. The third-order valence-corrected chi connectivity index (χ3v) is 5.55. The highest BCUT2D eigenvalue weighted by Gasteiger charge is 2.31. The fraction of sp³-hybridized carbons (Fsp3) is 0.556. The summed E-state index contributed by atoms with van der Waals surface area (Å²) < 4.78 is 0. The summed E-state index contributed by atoms with van der Waals surface area (Å²) in [6.07, 6.45) is 8.60. The van der Waals surface area contributed by atoms with E-state index in [1.807, 2.05) is 0 Å². The standard InChI is InChI=1S/C18H24N2O/c1-10-9-19-17-12(10)5-3-7-14(17)16-11(2)13-6-4-8-15(21)18(13)20-16/h9,14-15,19-21H,3-8H2,1-2H3. The van der Waals surface area contributed by atoms with Crippen LogP contribution in [0.1, 0.15) is 77.0 Å². The predicted octanol–water partition coefficient (Wildman–Crippen LogP) is 3.80. The van der Waals surface area contributed by atoms with E-state index in [0.717, 1.165) is 25.0 Å². The lowest BCUT2D eigenvalue weighted by Gasteiger charge is -2.23. The van der Waals surface area contributed by atoms with Gasteiger partial charge in [-0.25, -0.2) is 0 Å². The van der Waals surface area contributed by atoms with Crippen LogP contribution in [0.3, 0.4) is 0 Å². The van der Waals surface area contributed by atoms with Crippen LogP contribution in [0.4, 0.5) is 0 Å². The van der Waals surface area contributed by atoms with Crippen LogP contribution in [0.2, 0.25) is 0 Å². The summed E-state index contributed by atoms with van der Waals surface area (Å²) in [7, 11) is 0. The number of aromatic nitrogens is 2. The zero-order chi connectivity index (χ0) is 14.6. The highest BCUT2D eigenvalue weighted by Crippen LogP contribution is 2.41. The van der Waals surface area contributed by atoms with Crippen LogP contribution in [0.15, 0.2) is 6.20 Å². The van der Waals surface area contributed by atoms with Gasteiger partial charge in [0.2, 0.25) is 0 Å². The van der Waals surface area contributed by atoms with Gasteiger partial charge in [-0.15, -0.1) is 0 Å². The van der Waals surface area contributed by atoms with Crippen LogP contribution in [0.5, 0.6) is 0 Å². The lowest BCUT2D eigenvalue weighted by molar-refractivity contribution is 0.152. The quantitative estimate of drug-likeness (QED) is 0.733. The van der Waals surface area contributed by atoms with Crippen molar-refractivity contribution in [2.75, 3.05) is 0 Å². The molecule has 0 saturated heterocycles. The normalized spacial score (nSPS) is 24.7. The predicted molar refractivity (Wildman–Crippen MR) is 83.7 cm³/mol. The van der Waals surface area contributed by atoms with E-state index in [0.29, 0.717) is 5.92 Å². The molecule has 112 valence electrons. The van der Waals surface area contributed by atoms with Gasteiger partial charge in [-0.05, 0) is 74.6 Å². The second kappa shape index (κ2) is 4.77. The maximum absolute atomic E-state index is 10.3. The number of fused-ring (bicyclic) bond motifs is 2. The first kappa shape index (κ1) is 13.2. The molecule has 2 unspecified atom stereocenters. The van der Waals surface area contributed by atoms with Crippen molar-refractivity contribution in [3.63, 3.8) is 0 Å². The molecular formula is C18H24N2O. The Labute approximate surface area is 125 Å². The van der Waals surface area contributed by atoms with E-state index in [1.165, 1.54) is 52.9 Å². The van der Waals surface area contributed by atoms with Crippen molar-refractivity contribution in [1.29, 1.82) is 0 Å². The molecule has 0 aliphatic heterocycles. The van der Waals surface area contributed by atoms with Crippen molar-refractivity contribution in [3.05, 3.63) is 45.5 Å². The third kappa shape index (κ3) is 1.90. The second-order valence-corrected chi connectivity index (χ2v) is 6.77. The molecule has 0 saturated carbocycles. The van der Waals surface area contributed by atoms with E-state index in [4.69, 9.17) is 0 Å². The Morgan fingerprint density at radius 3 is 2.57 bits per heavy atom. The summed E-state index contributed by atoms with van der Waals surface area (Å²) in [5, 5.41) is 10.3. The molecule has 2 aromatic heterocycles. The highest BCUT2D eigenvalue weighted by molar-refractivity contribution is 5.46. The number of aliphatic hydroxyl groups excluding tert-OH is 1. The number of hydrogen-bond donors (Lipinski definition) is 3. The number of nitrogens with one attached hydrogen (secondary N) is 2. The van der Waals surface area contributed by atoms with Crippen LogP contribution in [0.25, 0.3) is 0 Å². The molecule has 0 spiro atoms. The smallest absolute Gasteiger partial charge is 0.0940 e. The Morgan fingerprint density at radius 1 is 1.00 bits per heavy atom. The zero-order valence-corrected chi connectivity index (χ0v) is 12.9. The van der Waals surface area contributed by atoms with Crippen molar-refractivity contribution in [3.8, 4) is 0 Å². The molecule has 21 heavy (non-hydrogen) atoms. The molecule has 2 aliphatic carbocycles. The molecule has 3 heteroatoms. The summed E-state index contributed by atoms with van der Waals surface area (Å²) in [5.41, 5.74) is 9.48. The van der Waals surface area contributed by atoms with Crippen molar-refractivity contribution in [1.82, 2.24) is 9.97 Å². The fourth-order valence-corrected chi connectivity index (χ4v) is 4.38. The average molecular weight is 284 g/mol. The molecule has 0 fully saturated rings. The maximum Gasteiger partial charge on any atom is 0.0940 e. The Kier molecular flexibility index (Phi) is 3.00. The molecule has 2 aliphatic rings. The van der Waals surface area contributed by atoms with E-state index in [2.05, 4.69) is 30.0 Å². The topological polar surface area (TPSA) is 51.8 Å². The monoisotopic (exact) mass is 284 g/mol. The van der Waals surface area contributed by atoms with E-state index >= 15 is 0 Å². The molecule has 0 radical (unpaired) electrons. The van der Waals surface area contributed by atoms with Gasteiger partial charge in [0, 0.05) is 29.2 Å². The fourth-order valence-electron chi connectivity index (χ4n) is 4.38. The lowest BCUT2D eigenvalue weighted by atomic mass is 9.83. The number of aliphatic hydroxyl groups is 1. The van der Waals surface area contributed by atoms with Crippen molar-refractivity contribution < 1.29 is 5.11 Å². The average Bonchev–Trinajstić information content (AvgIpc) is 3.02. The van der Waals surface area contributed by atoms with Gasteiger partial charge < -0.3 is 15.1 Å². The minimum atomic E-state index is -0.297. The molecule has 4 rings (SSSR count). The Hall–Kier alpha value is -1.48. The minimum absolute atomic E-state index is 0.297.